The number of ether oxygens (including phenoxy) is 4. The van der Waals surface area contributed by atoms with Gasteiger partial charge in [-0.15, -0.1) is 0 Å². The van der Waals surface area contributed by atoms with Crippen molar-refractivity contribution in [1.82, 2.24) is 0 Å². The maximum absolute atomic E-state index is 5.99. The van der Waals surface area contributed by atoms with Crippen molar-refractivity contribution in [2.75, 3.05) is 6.61 Å². The van der Waals surface area contributed by atoms with Crippen LogP contribution in [0.4, 0.5) is 0 Å². The van der Waals surface area contributed by atoms with Crippen LogP contribution in [0.15, 0.2) is 12.2 Å². The third-order valence-corrected chi connectivity index (χ3v) is 3.34. The van der Waals surface area contributed by atoms with Gasteiger partial charge in [0.1, 0.15) is 18.3 Å². The summed E-state index contributed by atoms with van der Waals surface area (Å²) in [5.74, 6) is -1.10. The Morgan fingerprint density at radius 3 is 2.37 bits per heavy atom. The lowest BCUT2D eigenvalue weighted by Gasteiger charge is -2.22. The fourth-order valence-corrected chi connectivity index (χ4v) is 2.53. The quantitative estimate of drug-likeness (QED) is 0.736. The highest BCUT2D eigenvalue weighted by Crippen LogP contribution is 2.36. The molecule has 4 heteroatoms. The van der Waals surface area contributed by atoms with Crippen molar-refractivity contribution in [1.29, 1.82) is 0 Å². The van der Waals surface area contributed by atoms with E-state index in [-0.39, 0.29) is 18.3 Å². The Hall–Kier alpha value is -0.420. The summed E-state index contributed by atoms with van der Waals surface area (Å²) in [6, 6.07) is 0. The van der Waals surface area contributed by atoms with Gasteiger partial charge in [-0.2, -0.15) is 0 Å². The zero-order valence-electron chi connectivity index (χ0n) is 12.6. The zero-order chi connectivity index (χ0) is 14.1. The molecular formula is C15H26O4. The van der Waals surface area contributed by atoms with Gasteiger partial charge in [0.15, 0.2) is 11.6 Å². The molecule has 0 amide bonds. The topological polar surface area (TPSA) is 36.9 Å². The van der Waals surface area contributed by atoms with E-state index in [1.54, 1.807) is 0 Å². The third kappa shape index (κ3) is 3.78. The van der Waals surface area contributed by atoms with Crippen LogP contribution in [0.2, 0.25) is 0 Å². The lowest BCUT2D eigenvalue weighted by Crippen LogP contribution is -2.37. The third-order valence-electron chi connectivity index (χ3n) is 3.34. The Bertz CT molecular complexity index is 335. The van der Waals surface area contributed by atoms with Crippen LogP contribution < -0.4 is 0 Å². The molecule has 0 radical (unpaired) electrons. The van der Waals surface area contributed by atoms with E-state index in [1.807, 2.05) is 27.7 Å². The number of unbranched alkanes of at least 4 members (excludes halogenated alkanes) is 1. The molecule has 2 aliphatic rings. The Balaban J connectivity index is 2.04. The molecule has 0 spiro atoms. The SMILES string of the molecule is CCC/C=C/[C@H]1OC(C)(C)O[C@H]1[C@H]1COC(C)(C)O1. The van der Waals surface area contributed by atoms with Crippen molar-refractivity contribution >= 4 is 0 Å². The van der Waals surface area contributed by atoms with Crippen molar-refractivity contribution < 1.29 is 18.9 Å². The number of allylic oxidation sites excluding steroid dienone is 1. The predicted molar refractivity (Wildman–Crippen MR) is 72.8 cm³/mol. The molecule has 0 unspecified atom stereocenters. The first-order valence-electron chi connectivity index (χ1n) is 7.17. The Morgan fingerprint density at radius 2 is 1.79 bits per heavy atom. The molecule has 4 nitrogen and oxygen atoms in total. The molecule has 3 atom stereocenters. The second-order valence-corrected chi connectivity index (χ2v) is 6.15. The van der Waals surface area contributed by atoms with Crippen LogP contribution >= 0.6 is 0 Å². The van der Waals surface area contributed by atoms with E-state index in [0.29, 0.717) is 6.61 Å². The second-order valence-electron chi connectivity index (χ2n) is 6.15. The first-order valence-corrected chi connectivity index (χ1v) is 7.17. The summed E-state index contributed by atoms with van der Waals surface area (Å²) < 4.78 is 23.5. The van der Waals surface area contributed by atoms with Crippen molar-refractivity contribution in [2.24, 2.45) is 0 Å². The summed E-state index contributed by atoms with van der Waals surface area (Å²) in [6.07, 6.45) is 6.19. The molecule has 0 N–H and O–H groups in total. The molecule has 0 aliphatic carbocycles. The van der Waals surface area contributed by atoms with E-state index < -0.39 is 11.6 Å². The van der Waals surface area contributed by atoms with E-state index in [9.17, 15) is 0 Å². The van der Waals surface area contributed by atoms with Gasteiger partial charge in [-0.1, -0.05) is 25.5 Å². The van der Waals surface area contributed by atoms with E-state index in [4.69, 9.17) is 18.9 Å². The highest BCUT2D eigenvalue weighted by Gasteiger charge is 2.48. The average molecular weight is 270 g/mol. The summed E-state index contributed by atoms with van der Waals surface area (Å²) in [4.78, 5) is 0. The number of rotatable bonds is 4. The van der Waals surface area contributed by atoms with Crippen LogP contribution in [0.25, 0.3) is 0 Å². The molecule has 2 saturated heterocycles. The first kappa shape index (κ1) is 15.0. The van der Waals surface area contributed by atoms with Gasteiger partial charge in [0.05, 0.1) is 6.61 Å². The van der Waals surface area contributed by atoms with E-state index in [1.165, 1.54) is 0 Å². The van der Waals surface area contributed by atoms with Gasteiger partial charge in [-0.3, -0.25) is 0 Å². The lowest BCUT2D eigenvalue weighted by atomic mass is 10.1. The summed E-state index contributed by atoms with van der Waals surface area (Å²) in [5.41, 5.74) is 0. The van der Waals surface area contributed by atoms with E-state index in [0.717, 1.165) is 12.8 Å². The van der Waals surface area contributed by atoms with Crippen molar-refractivity contribution in [2.45, 2.75) is 77.3 Å². The summed E-state index contributed by atoms with van der Waals surface area (Å²) >= 11 is 0. The molecule has 0 saturated carbocycles. The van der Waals surface area contributed by atoms with Crippen LogP contribution in [0.3, 0.4) is 0 Å². The largest absolute Gasteiger partial charge is 0.348 e. The van der Waals surface area contributed by atoms with Gasteiger partial charge in [-0.05, 0) is 34.1 Å². The molecule has 19 heavy (non-hydrogen) atoms. The highest BCUT2D eigenvalue weighted by atomic mass is 16.8. The summed E-state index contributed by atoms with van der Waals surface area (Å²) in [7, 11) is 0. The molecule has 0 bridgehead atoms. The highest BCUT2D eigenvalue weighted by molar-refractivity contribution is 5.01. The molecular weight excluding hydrogens is 244 g/mol. The van der Waals surface area contributed by atoms with Crippen molar-refractivity contribution in [3.05, 3.63) is 12.2 Å². The van der Waals surface area contributed by atoms with E-state index in [2.05, 4.69) is 19.1 Å². The van der Waals surface area contributed by atoms with Crippen molar-refractivity contribution in [3.8, 4) is 0 Å². The van der Waals surface area contributed by atoms with Crippen LogP contribution in [0.5, 0.6) is 0 Å². The normalized spacial score (nSPS) is 37.2. The lowest BCUT2D eigenvalue weighted by molar-refractivity contribution is -0.174. The number of hydrogen-bond donors (Lipinski definition) is 0. The smallest absolute Gasteiger partial charge is 0.164 e. The van der Waals surface area contributed by atoms with Gasteiger partial charge < -0.3 is 18.9 Å². The van der Waals surface area contributed by atoms with Gasteiger partial charge >= 0.3 is 0 Å². The monoisotopic (exact) mass is 270 g/mol. The molecule has 0 aromatic rings. The van der Waals surface area contributed by atoms with Gasteiger partial charge in [0.2, 0.25) is 0 Å². The minimum atomic E-state index is -0.567. The predicted octanol–water partition coefficient (Wildman–Crippen LogP) is 3.01. The maximum Gasteiger partial charge on any atom is 0.164 e. The molecule has 2 rings (SSSR count). The number of hydrogen-bond acceptors (Lipinski definition) is 4. The molecule has 110 valence electrons. The fraction of sp³-hybridized carbons (Fsp3) is 0.867. The zero-order valence-corrected chi connectivity index (χ0v) is 12.6. The minimum absolute atomic E-state index is 0.0657. The standard InChI is InChI=1S/C15H26O4/c1-6-7-8-9-11-13(19-15(4,5)17-11)12-10-16-14(2,3)18-12/h8-9,11-13H,6-7,10H2,1-5H3/b9-8+/t11-,12-,13-/m1/s1. The molecule has 0 aromatic heterocycles. The maximum atomic E-state index is 5.99. The summed E-state index contributed by atoms with van der Waals surface area (Å²) in [5, 5.41) is 0. The van der Waals surface area contributed by atoms with Gasteiger partial charge in [0, 0.05) is 0 Å². The van der Waals surface area contributed by atoms with Crippen LogP contribution in [-0.2, 0) is 18.9 Å². The van der Waals surface area contributed by atoms with E-state index >= 15 is 0 Å². The van der Waals surface area contributed by atoms with Gasteiger partial charge in [-0.25, -0.2) is 0 Å². The first-order chi connectivity index (χ1) is 8.83. The van der Waals surface area contributed by atoms with Gasteiger partial charge in [0.25, 0.3) is 0 Å². The molecule has 2 fully saturated rings. The van der Waals surface area contributed by atoms with Crippen LogP contribution in [0.1, 0.15) is 47.5 Å². The van der Waals surface area contributed by atoms with Crippen LogP contribution in [0, 0.1) is 0 Å². The minimum Gasteiger partial charge on any atom is -0.348 e. The molecule has 0 aromatic carbocycles. The summed E-state index contributed by atoms with van der Waals surface area (Å²) in [6.45, 7) is 10.4. The Labute approximate surface area is 116 Å². The second kappa shape index (κ2) is 5.52. The Morgan fingerprint density at radius 1 is 1.05 bits per heavy atom. The average Bonchev–Trinajstić information content (AvgIpc) is 2.79. The van der Waals surface area contributed by atoms with Crippen molar-refractivity contribution in [3.63, 3.8) is 0 Å². The molecule has 2 heterocycles. The Kier molecular flexibility index (Phi) is 4.35. The van der Waals surface area contributed by atoms with Crippen LogP contribution in [-0.4, -0.2) is 36.5 Å². The fourth-order valence-electron chi connectivity index (χ4n) is 2.53. The molecule has 2 aliphatic heterocycles.